The van der Waals surface area contributed by atoms with Gasteiger partial charge in [-0.05, 0) is 29.8 Å². The Bertz CT molecular complexity index is 1040. The number of amides is 2. The highest BCUT2D eigenvalue weighted by molar-refractivity contribution is 7.14. The van der Waals surface area contributed by atoms with Crippen molar-refractivity contribution in [1.29, 1.82) is 0 Å². The van der Waals surface area contributed by atoms with Crippen LogP contribution in [0, 0.1) is 5.82 Å². The molecule has 2 N–H and O–H groups in total. The molecule has 0 saturated heterocycles. The SMILES string of the molecule is COCCOc1cccc(CNC(=O)Cc2csc(NC(=O)c3ccccc3F)n2)c1. The van der Waals surface area contributed by atoms with E-state index in [0.29, 0.717) is 36.3 Å². The molecule has 1 heterocycles. The zero-order valence-corrected chi connectivity index (χ0v) is 17.7. The number of anilines is 1. The highest BCUT2D eigenvalue weighted by Crippen LogP contribution is 2.18. The third-order valence-corrected chi connectivity index (χ3v) is 4.98. The Morgan fingerprint density at radius 3 is 2.77 bits per heavy atom. The number of carbonyl (C=O) groups excluding carboxylic acids is 2. The number of nitrogens with zero attached hydrogens (tertiary/aromatic N) is 1. The Kier molecular flexibility index (Phi) is 8.08. The van der Waals surface area contributed by atoms with Gasteiger partial charge >= 0.3 is 0 Å². The number of halogens is 1. The summed E-state index contributed by atoms with van der Waals surface area (Å²) in [6, 6.07) is 13.1. The Morgan fingerprint density at radius 1 is 1.13 bits per heavy atom. The first-order chi connectivity index (χ1) is 15.0. The van der Waals surface area contributed by atoms with Gasteiger partial charge in [0.05, 0.1) is 24.3 Å². The number of nitrogens with one attached hydrogen (secondary N) is 2. The van der Waals surface area contributed by atoms with Crippen LogP contribution in [0.25, 0.3) is 0 Å². The van der Waals surface area contributed by atoms with Gasteiger partial charge in [-0.2, -0.15) is 0 Å². The monoisotopic (exact) mass is 443 g/mol. The van der Waals surface area contributed by atoms with Crippen LogP contribution in [-0.4, -0.2) is 37.1 Å². The maximum absolute atomic E-state index is 13.7. The van der Waals surface area contributed by atoms with Gasteiger partial charge < -0.3 is 14.8 Å². The summed E-state index contributed by atoms with van der Waals surface area (Å²) < 4.78 is 24.2. The molecule has 31 heavy (non-hydrogen) atoms. The molecule has 162 valence electrons. The normalized spacial score (nSPS) is 10.5. The van der Waals surface area contributed by atoms with E-state index in [1.54, 1.807) is 18.6 Å². The van der Waals surface area contributed by atoms with E-state index in [-0.39, 0.29) is 17.9 Å². The number of benzene rings is 2. The maximum Gasteiger partial charge on any atom is 0.260 e. The third kappa shape index (κ3) is 6.87. The zero-order valence-electron chi connectivity index (χ0n) is 16.9. The highest BCUT2D eigenvalue weighted by Gasteiger charge is 2.14. The summed E-state index contributed by atoms with van der Waals surface area (Å²) in [5.74, 6) is -0.693. The van der Waals surface area contributed by atoms with E-state index in [4.69, 9.17) is 9.47 Å². The molecule has 0 aliphatic rings. The fraction of sp³-hybridized carbons (Fsp3) is 0.227. The van der Waals surface area contributed by atoms with E-state index < -0.39 is 11.7 Å². The topological polar surface area (TPSA) is 89.5 Å². The molecule has 3 aromatic rings. The first-order valence-electron chi connectivity index (χ1n) is 9.53. The molecule has 9 heteroatoms. The van der Waals surface area contributed by atoms with E-state index in [1.807, 2.05) is 24.3 Å². The lowest BCUT2D eigenvalue weighted by Gasteiger charge is -2.08. The van der Waals surface area contributed by atoms with Crippen LogP contribution < -0.4 is 15.4 Å². The molecule has 0 unspecified atom stereocenters. The number of hydrogen-bond acceptors (Lipinski definition) is 6. The lowest BCUT2D eigenvalue weighted by Crippen LogP contribution is -2.24. The molecule has 0 radical (unpaired) electrons. The fourth-order valence-electron chi connectivity index (χ4n) is 2.67. The van der Waals surface area contributed by atoms with Crippen molar-refractivity contribution in [2.24, 2.45) is 0 Å². The molecule has 0 aliphatic heterocycles. The van der Waals surface area contributed by atoms with Crippen molar-refractivity contribution in [3.63, 3.8) is 0 Å². The summed E-state index contributed by atoms with van der Waals surface area (Å²) in [5, 5.41) is 7.37. The minimum absolute atomic E-state index is 0.0644. The smallest absolute Gasteiger partial charge is 0.260 e. The first-order valence-corrected chi connectivity index (χ1v) is 10.4. The predicted molar refractivity (Wildman–Crippen MR) is 116 cm³/mol. The number of ether oxygens (including phenoxy) is 2. The molecule has 3 rings (SSSR count). The first kappa shape index (κ1) is 22.4. The lowest BCUT2D eigenvalue weighted by atomic mass is 10.2. The second-order valence-corrected chi connectivity index (χ2v) is 7.38. The van der Waals surface area contributed by atoms with Crippen molar-refractivity contribution >= 4 is 28.3 Å². The maximum atomic E-state index is 13.7. The lowest BCUT2D eigenvalue weighted by molar-refractivity contribution is -0.120. The molecule has 0 fully saturated rings. The van der Waals surface area contributed by atoms with Crippen LogP contribution in [0.3, 0.4) is 0 Å². The molecule has 0 atom stereocenters. The van der Waals surface area contributed by atoms with Crippen molar-refractivity contribution in [1.82, 2.24) is 10.3 Å². The molecule has 1 aromatic heterocycles. The average molecular weight is 444 g/mol. The van der Waals surface area contributed by atoms with Gasteiger partial charge in [0.1, 0.15) is 18.2 Å². The summed E-state index contributed by atoms with van der Waals surface area (Å²) in [6.45, 7) is 1.30. The third-order valence-electron chi connectivity index (χ3n) is 4.18. The summed E-state index contributed by atoms with van der Waals surface area (Å²) >= 11 is 1.17. The number of thiazole rings is 1. The summed E-state index contributed by atoms with van der Waals surface area (Å²) in [4.78, 5) is 28.6. The van der Waals surface area contributed by atoms with Crippen LogP contribution in [0.15, 0.2) is 53.9 Å². The van der Waals surface area contributed by atoms with Gasteiger partial charge in [-0.25, -0.2) is 9.37 Å². The van der Waals surface area contributed by atoms with E-state index in [2.05, 4.69) is 15.6 Å². The molecule has 0 spiro atoms. The standard InChI is InChI=1S/C22H22FN3O4S/c1-29-9-10-30-17-6-4-5-15(11-17)13-24-20(27)12-16-14-31-22(25-16)26-21(28)18-7-2-3-8-19(18)23/h2-8,11,14H,9-10,12-13H2,1H3,(H,24,27)(H,25,26,28). The molecule has 7 nitrogen and oxygen atoms in total. The van der Waals surface area contributed by atoms with Crippen LogP contribution in [0.2, 0.25) is 0 Å². The van der Waals surface area contributed by atoms with Gasteiger partial charge in [0.15, 0.2) is 5.13 Å². The quantitative estimate of drug-likeness (QED) is 0.469. The molecule has 0 aliphatic carbocycles. The van der Waals surface area contributed by atoms with Gasteiger partial charge in [0, 0.05) is 19.0 Å². The second kappa shape index (κ2) is 11.2. The van der Waals surface area contributed by atoms with E-state index in [9.17, 15) is 14.0 Å². The Balaban J connectivity index is 1.48. The van der Waals surface area contributed by atoms with E-state index in [1.165, 1.54) is 29.5 Å². The van der Waals surface area contributed by atoms with Crippen LogP contribution in [0.4, 0.5) is 9.52 Å². The van der Waals surface area contributed by atoms with Crippen molar-refractivity contribution in [2.75, 3.05) is 25.6 Å². The molecular weight excluding hydrogens is 421 g/mol. The average Bonchev–Trinajstić information content (AvgIpc) is 3.19. The van der Waals surface area contributed by atoms with Gasteiger partial charge in [-0.3, -0.25) is 14.9 Å². The summed E-state index contributed by atoms with van der Waals surface area (Å²) in [7, 11) is 1.61. The molecule has 0 saturated carbocycles. The van der Waals surface area contributed by atoms with Gasteiger partial charge in [-0.15, -0.1) is 11.3 Å². The second-order valence-electron chi connectivity index (χ2n) is 6.52. The summed E-state index contributed by atoms with van der Waals surface area (Å²) in [6.07, 6.45) is 0.0656. The van der Waals surface area contributed by atoms with Crippen molar-refractivity contribution in [3.05, 3.63) is 76.5 Å². The van der Waals surface area contributed by atoms with Crippen LogP contribution in [-0.2, 0) is 22.5 Å². The number of rotatable bonds is 10. The van der Waals surface area contributed by atoms with Crippen LogP contribution in [0.5, 0.6) is 5.75 Å². The van der Waals surface area contributed by atoms with Crippen molar-refractivity contribution in [3.8, 4) is 5.75 Å². The van der Waals surface area contributed by atoms with E-state index in [0.717, 1.165) is 5.56 Å². The van der Waals surface area contributed by atoms with Crippen LogP contribution >= 0.6 is 11.3 Å². The predicted octanol–water partition coefficient (Wildman–Crippen LogP) is 3.42. The Labute approximate surface area is 183 Å². The molecular formula is C22H22FN3O4S. The highest BCUT2D eigenvalue weighted by atomic mass is 32.1. The van der Waals surface area contributed by atoms with Gasteiger partial charge in [0.2, 0.25) is 5.91 Å². The number of carbonyl (C=O) groups is 2. The van der Waals surface area contributed by atoms with Crippen molar-refractivity contribution in [2.45, 2.75) is 13.0 Å². The van der Waals surface area contributed by atoms with Crippen molar-refractivity contribution < 1.29 is 23.5 Å². The minimum Gasteiger partial charge on any atom is -0.491 e. The van der Waals surface area contributed by atoms with Crippen LogP contribution in [0.1, 0.15) is 21.6 Å². The molecule has 2 aromatic carbocycles. The largest absolute Gasteiger partial charge is 0.491 e. The summed E-state index contributed by atoms with van der Waals surface area (Å²) in [5.41, 5.74) is 1.35. The molecule has 2 amide bonds. The Hall–Kier alpha value is -3.30. The Morgan fingerprint density at radius 2 is 1.97 bits per heavy atom. The fourth-order valence-corrected chi connectivity index (χ4v) is 3.38. The number of methoxy groups -OCH3 is 1. The van der Waals surface area contributed by atoms with Gasteiger partial charge in [0.25, 0.3) is 5.91 Å². The number of aromatic nitrogens is 1. The minimum atomic E-state index is -0.607. The van der Waals surface area contributed by atoms with Gasteiger partial charge in [-0.1, -0.05) is 24.3 Å². The van der Waals surface area contributed by atoms with E-state index >= 15 is 0 Å². The molecule has 0 bridgehead atoms. The number of hydrogen-bond donors (Lipinski definition) is 2. The zero-order chi connectivity index (χ0) is 22.1.